The number of aliphatic hydroxyl groups is 1. The smallest absolute Gasteiger partial charge is 0.273 e. The molecule has 0 radical (unpaired) electrons. The number of anilines is 2. The molecule has 4 rings (SSSR count). The number of aromatic nitrogens is 1. The Hall–Kier alpha value is -2.16. The van der Waals surface area contributed by atoms with Crippen LogP contribution in [0.4, 0.5) is 10.8 Å². The van der Waals surface area contributed by atoms with Crippen molar-refractivity contribution in [3.05, 3.63) is 74.2 Å². The first kappa shape index (κ1) is 22.0. The Balaban J connectivity index is 1.71. The minimum atomic E-state index is -0.527. The third-order valence-corrected chi connectivity index (χ3v) is 6.43. The second kappa shape index (κ2) is 9.14. The number of halogens is 3. The lowest BCUT2D eigenvalue weighted by atomic mass is 10.2. The molecule has 2 heterocycles. The Morgan fingerprint density at radius 1 is 1.10 bits per heavy atom. The largest absolute Gasteiger partial charge is 0.391 e. The fourth-order valence-electron chi connectivity index (χ4n) is 3.24. The van der Waals surface area contributed by atoms with E-state index in [1.807, 2.05) is 0 Å². The molecule has 1 unspecified atom stereocenters. The van der Waals surface area contributed by atoms with E-state index in [9.17, 15) is 14.7 Å². The van der Waals surface area contributed by atoms with Gasteiger partial charge in [-0.05, 0) is 48.9 Å². The molecule has 31 heavy (non-hydrogen) atoms. The number of carbonyl (C=O) groups is 2. The summed E-state index contributed by atoms with van der Waals surface area (Å²) >= 11 is 19.4. The van der Waals surface area contributed by atoms with Crippen molar-refractivity contribution in [1.29, 1.82) is 0 Å². The number of β-amino-alcohol motifs (C(OH)–C–C–N with tert-alkyl or cyclic N) is 1. The van der Waals surface area contributed by atoms with E-state index in [1.165, 1.54) is 11.0 Å². The second-order valence-electron chi connectivity index (χ2n) is 6.95. The Bertz CT molecular complexity index is 1140. The van der Waals surface area contributed by atoms with Crippen LogP contribution in [0.15, 0.2) is 47.8 Å². The van der Waals surface area contributed by atoms with E-state index in [0.29, 0.717) is 33.8 Å². The third-order valence-electron chi connectivity index (χ3n) is 4.80. The van der Waals surface area contributed by atoms with Gasteiger partial charge in [0.15, 0.2) is 5.13 Å². The first-order chi connectivity index (χ1) is 14.8. The van der Waals surface area contributed by atoms with Gasteiger partial charge in [0.25, 0.3) is 11.8 Å². The lowest BCUT2D eigenvalue weighted by Crippen LogP contribution is -2.30. The molecule has 0 bridgehead atoms. The number of rotatable bonds is 4. The van der Waals surface area contributed by atoms with Crippen LogP contribution in [-0.2, 0) is 0 Å². The van der Waals surface area contributed by atoms with Gasteiger partial charge in [0.2, 0.25) is 0 Å². The summed E-state index contributed by atoms with van der Waals surface area (Å²) in [5, 5.41) is 12.7. The monoisotopic (exact) mass is 495 g/mol. The predicted molar refractivity (Wildman–Crippen MR) is 123 cm³/mol. The topological polar surface area (TPSA) is 73.7 Å². The molecule has 1 fully saturated rings. The van der Waals surface area contributed by atoms with Crippen molar-refractivity contribution in [2.24, 2.45) is 0 Å². The standard InChI is InChI=1S/C21H16Cl3N3O3S/c22-12-1-4-14(5-2-12)27(19(29)16-6-3-13(23)9-17(16)24)21-25-18(11-31-21)20(30)26-8-7-15(28)10-26/h1-6,9,11,15,28H,7-8,10H2. The molecule has 1 N–H and O–H groups in total. The van der Waals surface area contributed by atoms with Crippen LogP contribution in [0.3, 0.4) is 0 Å². The molecule has 2 amide bonds. The van der Waals surface area contributed by atoms with Gasteiger partial charge in [0.05, 0.1) is 22.4 Å². The average molecular weight is 497 g/mol. The summed E-state index contributed by atoms with van der Waals surface area (Å²) in [6.07, 6.45) is 0.00828. The summed E-state index contributed by atoms with van der Waals surface area (Å²) in [6.45, 7) is 0.735. The van der Waals surface area contributed by atoms with Gasteiger partial charge < -0.3 is 10.0 Å². The second-order valence-corrected chi connectivity index (χ2v) is 9.07. The maximum absolute atomic E-state index is 13.4. The van der Waals surface area contributed by atoms with Crippen molar-refractivity contribution in [3.8, 4) is 0 Å². The molecular weight excluding hydrogens is 481 g/mol. The van der Waals surface area contributed by atoms with Crippen LogP contribution >= 0.6 is 46.1 Å². The van der Waals surface area contributed by atoms with Gasteiger partial charge in [-0.2, -0.15) is 0 Å². The molecule has 3 aromatic rings. The van der Waals surface area contributed by atoms with E-state index in [2.05, 4.69) is 4.98 Å². The molecule has 1 atom stereocenters. The van der Waals surface area contributed by atoms with Gasteiger partial charge in [-0.1, -0.05) is 34.8 Å². The molecule has 160 valence electrons. The highest BCUT2D eigenvalue weighted by Gasteiger charge is 2.29. The summed E-state index contributed by atoms with van der Waals surface area (Å²) < 4.78 is 0. The molecule has 2 aromatic carbocycles. The number of benzene rings is 2. The number of amides is 2. The number of nitrogens with zero attached hydrogens (tertiary/aromatic N) is 3. The molecule has 10 heteroatoms. The van der Waals surface area contributed by atoms with E-state index in [0.717, 1.165) is 11.3 Å². The summed E-state index contributed by atoms with van der Waals surface area (Å²) in [6, 6.07) is 11.3. The van der Waals surface area contributed by atoms with Crippen LogP contribution in [0.5, 0.6) is 0 Å². The van der Waals surface area contributed by atoms with Gasteiger partial charge in [0.1, 0.15) is 5.69 Å². The van der Waals surface area contributed by atoms with Crippen LogP contribution in [0.1, 0.15) is 27.3 Å². The van der Waals surface area contributed by atoms with Gasteiger partial charge in [0, 0.05) is 28.5 Å². The zero-order valence-corrected chi connectivity index (χ0v) is 19.0. The van der Waals surface area contributed by atoms with Crippen molar-refractivity contribution < 1.29 is 14.7 Å². The first-order valence-corrected chi connectivity index (χ1v) is 11.3. The van der Waals surface area contributed by atoms with Crippen LogP contribution in [0.2, 0.25) is 15.1 Å². The Kier molecular flexibility index (Phi) is 6.50. The fraction of sp³-hybridized carbons (Fsp3) is 0.190. The highest BCUT2D eigenvalue weighted by molar-refractivity contribution is 7.14. The summed E-state index contributed by atoms with van der Waals surface area (Å²) in [4.78, 5) is 33.5. The molecule has 1 aliphatic rings. The third kappa shape index (κ3) is 4.71. The predicted octanol–water partition coefficient (Wildman–Crippen LogP) is 5.29. The van der Waals surface area contributed by atoms with Gasteiger partial charge in [-0.15, -0.1) is 11.3 Å². The highest BCUT2D eigenvalue weighted by Crippen LogP contribution is 2.33. The molecule has 0 aliphatic carbocycles. The average Bonchev–Trinajstić information content (AvgIpc) is 3.38. The van der Waals surface area contributed by atoms with Crippen LogP contribution in [0, 0.1) is 0 Å². The maximum atomic E-state index is 13.4. The summed E-state index contributed by atoms with van der Waals surface area (Å²) in [5.41, 5.74) is 0.972. The van der Waals surface area contributed by atoms with Crippen LogP contribution in [0.25, 0.3) is 0 Å². The Morgan fingerprint density at radius 3 is 2.45 bits per heavy atom. The van der Waals surface area contributed by atoms with Crippen molar-refractivity contribution in [2.45, 2.75) is 12.5 Å². The molecular formula is C21H16Cl3N3O3S. The highest BCUT2D eigenvalue weighted by atomic mass is 35.5. The molecule has 6 nitrogen and oxygen atoms in total. The number of carbonyl (C=O) groups excluding carboxylic acids is 2. The van der Waals surface area contributed by atoms with Crippen molar-refractivity contribution in [1.82, 2.24) is 9.88 Å². The number of aliphatic hydroxyl groups excluding tert-OH is 1. The first-order valence-electron chi connectivity index (χ1n) is 9.31. The van der Waals surface area contributed by atoms with E-state index in [4.69, 9.17) is 34.8 Å². The lowest BCUT2D eigenvalue weighted by molar-refractivity contribution is 0.0759. The molecule has 0 spiro atoms. The number of hydrogen-bond acceptors (Lipinski definition) is 5. The van der Waals surface area contributed by atoms with Gasteiger partial charge in [-0.25, -0.2) is 4.98 Å². The van der Waals surface area contributed by atoms with Gasteiger partial charge >= 0.3 is 0 Å². The zero-order chi connectivity index (χ0) is 22.1. The van der Waals surface area contributed by atoms with Crippen molar-refractivity contribution in [3.63, 3.8) is 0 Å². The minimum absolute atomic E-state index is 0.204. The zero-order valence-electron chi connectivity index (χ0n) is 16.0. The van der Waals surface area contributed by atoms with E-state index in [1.54, 1.807) is 46.7 Å². The quantitative estimate of drug-likeness (QED) is 0.533. The van der Waals surface area contributed by atoms with Crippen LogP contribution in [-0.4, -0.2) is 46.0 Å². The SMILES string of the molecule is O=C(c1csc(N(C(=O)c2ccc(Cl)cc2Cl)c2ccc(Cl)cc2)n1)N1CCC(O)C1. The Morgan fingerprint density at radius 2 is 1.81 bits per heavy atom. The fourth-order valence-corrected chi connectivity index (χ4v) is 4.67. The maximum Gasteiger partial charge on any atom is 0.273 e. The van der Waals surface area contributed by atoms with E-state index in [-0.39, 0.29) is 28.7 Å². The normalized spacial score (nSPS) is 15.9. The lowest BCUT2D eigenvalue weighted by Gasteiger charge is -2.21. The van der Waals surface area contributed by atoms with Crippen LogP contribution < -0.4 is 4.90 Å². The minimum Gasteiger partial charge on any atom is -0.391 e. The number of thiazole rings is 1. The van der Waals surface area contributed by atoms with Crippen molar-refractivity contribution >= 4 is 68.8 Å². The Labute approximate surface area is 197 Å². The molecule has 1 saturated heterocycles. The molecule has 1 aliphatic heterocycles. The van der Waals surface area contributed by atoms with Crippen molar-refractivity contribution in [2.75, 3.05) is 18.0 Å². The number of hydrogen-bond donors (Lipinski definition) is 1. The van der Waals surface area contributed by atoms with E-state index < -0.39 is 12.0 Å². The number of likely N-dealkylation sites (tertiary alicyclic amines) is 1. The molecule has 0 saturated carbocycles. The summed E-state index contributed by atoms with van der Waals surface area (Å²) in [7, 11) is 0. The van der Waals surface area contributed by atoms with Gasteiger partial charge in [-0.3, -0.25) is 14.5 Å². The summed E-state index contributed by atoms with van der Waals surface area (Å²) in [5.74, 6) is -0.707. The van der Waals surface area contributed by atoms with E-state index >= 15 is 0 Å². The molecule has 1 aromatic heterocycles.